The van der Waals surface area contributed by atoms with Crippen molar-refractivity contribution in [3.05, 3.63) is 95.8 Å². The molecule has 0 amide bonds. The third-order valence-corrected chi connectivity index (χ3v) is 7.52. The second-order valence-electron chi connectivity index (χ2n) is 9.06. The number of piperidine rings is 1. The highest BCUT2D eigenvalue weighted by Crippen LogP contribution is 2.35. The van der Waals surface area contributed by atoms with Crippen molar-refractivity contribution in [2.24, 2.45) is 0 Å². The van der Waals surface area contributed by atoms with Gasteiger partial charge in [-0.1, -0.05) is 30.3 Å². The monoisotopic (exact) mass is 544 g/mol. The first kappa shape index (κ1) is 26.2. The molecular weight excluding hydrogens is 519 g/mol. The Labute approximate surface area is 225 Å². The number of anilines is 1. The Kier molecular flexibility index (Phi) is 7.76. The van der Waals surface area contributed by atoms with E-state index in [1.807, 2.05) is 0 Å². The molecule has 0 bridgehead atoms. The van der Waals surface area contributed by atoms with Crippen LogP contribution in [0.25, 0.3) is 11.3 Å². The van der Waals surface area contributed by atoms with Crippen LogP contribution in [0.15, 0.2) is 73.1 Å². The molecule has 9 nitrogen and oxygen atoms in total. The van der Waals surface area contributed by atoms with Crippen molar-refractivity contribution in [1.29, 1.82) is 5.26 Å². The maximum atomic E-state index is 15.4. The molecule has 0 saturated carbocycles. The number of hydrogen-bond donors (Lipinski definition) is 2. The van der Waals surface area contributed by atoms with Crippen molar-refractivity contribution < 1.29 is 17.5 Å². The molecule has 0 spiro atoms. The number of nitrogens with one attached hydrogen (secondary N) is 2. The Morgan fingerprint density at radius 3 is 2.69 bits per heavy atom. The topological polar surface area (TPSA) is 130 Å². The maximum absolute atomic E-state index is 15.4. The fourth-order valence-corrected chi connectivity index (χ4v) is 5.60. The molecular formula is C28H25FN6O3S. The summed E-state index contributed by atoms with van der Waals surface area (Å²) < 4.78 is 48.9. The molecule has 198 valence electrons. The van der Waals surface area contributed by atoms with Gasteiger partial charge < -0.3 is 10.1 Å². The number of nitriles is 1. The second kappa shape index (κ2) is 11.6. The second-order valence-corrected chi connectivity index (χ2v) is 10.8. The van der Waals surface area contributed by atoms with Crippen LogP contribution in [-0.2, 0) is 15.8 Å². The molecule has 1 unspecified atom stereocenters. The number of hydrogen-bond acceptors (Lipinski definition) is 8. The molecule has 4 aromatic rings. The lowest BCUT2D eigenvalue weighted by Crippen LogP contribution is -2.29. The van der Waals surface area contributed by atoms with Gasteiger partial charge in [0.25, 0.3) is 0 Å². The molecule has 1 atom stereocenters. The van der Waals surface area contributed by atoms with Crippen LogP contribution >= 0.6 is 0 Å². The standard InChI is InChI=1S/C28H25FN6O3S/c29-26-22(16-30)24(35-39(36,37)18-19-6-2-1-3-7-19)10-11-25(26)38-28-21(9-5-14-33-28)23-12-15-32-27(34-23)20-8-4-13-31-17-20/h1-3,5-7,9-12,14-15,20,31,35H,4,8,13,17-18H2. The Morgan fingerprint density at radius 1 is 1.08 bits per heavy atom. The van der Waals surface area contributed by atoms with E-state index in [9.17, 15) is 13.7 Å². The predicted octanol–water partition coefficient (Wildman–Crippen LogP) is 4.75. The molecule has 1 aliphatic heterocycles. The SMILES string of the molecule is N#Cc1c(NS(=O)(=O)Cc2ccccc2)ccc(Oc2ncccc2-c2ccnc(C3CCCNC3)n2)c1F. The maximum Gasteiger partial charge on any atom is 0.236 e. The van der Waals surface area contributed by atoms with Gasteiger partial charge >= 0.3 is 0 Å². The molecule has 5 rings (SSSR count). The molecule has 3 heterocycles. The molecule has 0 radical (unpaired) electrons. The zero-order valence-corrected chi connectivity index (χ0v) is 21.7. The number of halogens is 1. The smallest absolute Gasteiger partial charge is 0.236 e. The summed E-state index contributed by atoms with van der Waals surface area (Å²) in [6, 6.07) is 18.0. The highest BCUT2D eigenvalue weighted by molar-refractivity contribution is 7.91. The highest BCUT2D eigenvalue weighted by atomic mass is 32.2. The van der Waals surface area contributed by atoms with E-state index in [1.165, 1.54) is 18.3 Å². The zero-order chi connectivity index (χ0) is 27.2. The van der Waals surface area contributed by atoms with Crippen molar-refractivity contribution in [3.63, 3.8) is 0 Å². The van der Waals surface area contributed by atoms with Gasteiger partial charge in [0.1, 0.15) is 17.5 Å². The van der Waals surface area contributed by atoms with Gasteiger partial charge in [0.2, 0.25) is 15.9 Å². The fourth-order valence-electron chi connectivity index (χ4n) is 4.39. The first-order valence-corrected chi connectivity index (χ1v) is 14.0. The minimum atomic E-state index is -3.90. The number of aromatic nitrogens is 3. The van der Waals surface area contributed by atoms with Crippen LogP contribution in [0.4, 0.5) is 10.1 Å². The van der Waals surface area contributed by atoms with E-state index < -0.39 is 21.4 Å². The third-order valence-electron chi connectivity index (χ3n) is 6.27. The summed E-state index contributed by atoms with van der Waals surface area (Å²) in [6.07, 6.45) is 5.20. The summed E-state index contributed by atoms with van der Waals surface area (Å²) >= 11 is 0. The lowest BCUT2D eigenvalue weighted by Gasteiger charge is -2.21. The molecule has 1 fully saturated rings. The third kappa shape index (κ3) is 6.19. The normalized spacial score (nSPS) is 15.3. The van der Waals surface area contributed by atoms with E-state index in [2.05, 4.69) is 20.0 Å². The summed E-state index contributed by atoms with van der Waals surface area (Å²) in [5.41, 5.74) is 0.978. The Bertz CT molecular complexity index is 1620. The summed E-state index contributed by atoms with van der Waals surface area (Å²) in [5, 5.41) is 13.0. The molecule has 2 aromatic carbocycles. The van der Waals surface area contributed by atoms with Gasteiger partial charge in [-0.15, -0.1) is 0 Å². The van der Waals surface area contributed by atoms with E-state index in [0.29, 0.717) is 22.6 Å². The average molecular weight is 545 g/mol. The van der Waals surface area contributed by atoms with E-state index in [1.54, 1.807) is 60.8 Å². The summed E-state index contributed by atoms with van der Waals surface area (Å²) in [5.74, 6) is -0.625. The van der Waals surface area contributed by atoms with E-state index in [4.69, 9.17) is 9.72 Å². The van der Waals surface area contributed by atoms with Gasteiger partial charge in [-0.2, -0.15) is 5.26 Å². The van der Waals surface area contributed by atoms with Crippen LogP contribution < -0.4 is 14.8 Å². The lowest BCUT2D eigenvalue weighted by atomic mass is 9.98. The number of nitrogens with zero attached hydrogens (tertiary/aromatic N) is 4. The molecule has 39 heavy (non-hydrogen) atoms. The van der Waals surface area contributed by atoms with Crippen LogP contribution in [0.3, 0.4) is 0 Å². The number of pyridine rings is 1. The largest absolute Gasteiger partial charge is 0.435 e. The van der Waals surface area contributed by atoms with Crippen LogP contribution in [0.2, 0.25) is 0 Å². The van der Waals surface area contributed by atoms with E-state index >= 15 is 4.39 Å². The Balaban J connectivity index is 1.41. The van der Waals surface area contributed by atoms with Gasteiger partial charge in [-0.3, -0.25) is 4.72 Å². The van der Waals surface area contributed by atoms with Gasteiger partial charge in [-0.05, 0) is 55.3 Å². The summed E-state index contributed by atoms with van der Waals surface area (Å²) in [6.45, 7) is 1.77. The molecule has 0 aliphatic carbocycles. The Morgan fingerprint density at radius 2 is 1.92 bits per heavy atom. The minimum absolute atomic E-state index is 0.0871. The van der Waals surface area contributed by atoms with Gasteiger partial charge in [0.05, 0.1) is 22.7 Å². The fraction of sp³-hybridized carbons (Fsp3) is 0.214. The lowest BCUT2D eigenvalue weighted by molar-refractivity contribution is 0.428. The van der Waals surface area contributed by atoms with Crippen LogP contribution in [0, 0.1) is 17.1 Å². The highest BCUT2D eigenvalue weighted by Gasteiger charge is 2.22. The van der Waals surface area contributed by atoms with Crippen LogP contribution in [-0.4, -0.2) is 36.5 Å². The zero-order valence-electron chi connectivity index (χ0n) is 20.8. The first-order valence-electron chi connectivity index (χ1n) is 12.4. The van der Waals surface area contributed by atoms with Crippen molar-refractivity contribution >= 4 is 15.7 Å². The number of ether oxygens (including phenoxy) is 1. The van der Waals surface area contributed by atoms with Crippen molar-refractivity contribution in [2.75, 3.05) is 17.8 Å². The quantitative estimate of drug-likeness (QED) is 0.325. The van der Waals surface area contributed by atoms with Gasteiger partial charge in [-0.25, -0.2) is 27.8 Å². The summed E-state index contributed by atoms with van der Waals surface area (Å²) in [4.78, 5) is 13.4. The number of benzene rings is 2. The molecule has 1 saturated heterocycles. The molecule has 1 aliphatic rings. The summed E-state index contributed by atoms with van der Waals surface area (Å²) in [7, 11) is -3.90. The number of rotatable bonds is 8. The van der Waals surface area contributed by atoms with E-state index in [0.717, 1.165) is 25.9 Å². The number of sulfonamides is 1. The predicted molar refractivity (Wildman–Crippen MR) is 144 cm³/mol. The minimum Gasteiger partial charge on any atom is -0.435 e. The first-order chi connectivity index (χ1) is 18.9. The van der Waals surface area contributed by atoms with E-state index in [-0.39, 0.29) is 29.0 Å². The van der Waals surface area contributed by atoms with Gasteiger partial charge in [0.15, 0.2) is 11.6 Å². The van der Waals surface area contributed by atoms with Gasteiger partial charge in [0, 0.05) is 24.9 Å². The van der Waals surface area contributed by atoms with Crippen molar-refractivity contribution in [2.45, 2.75) is 24.5 Å². The van der Waals surface area contributed by atoms with Crippen molar-refractivity contribution in [1.82, 2.24) is 20.3 Å². The average Bonchev–Trinajstić information content (AvgIpc) is 2.96. The molecule has 11 heteroatoms. The molecule has 2 N–H and O–H groups in total. The van der Waals surface area contributed by atoms with Crippen LogP contribution in [0.1, 0.15) is 35.7 Å². The van der Waals surface area contributed by atoms with Crippen LogP contribution in [0.5, 0.6) is 11.6 Å². The molecule has 2 aromatic heterocycles. The Hall–Kier alpha value is -4.40. The van der Waals surface area contributed by atoms with Crippen molar-refractivity contribution in [3.8, 4) is 29.0 Å².